The average Bonchev–Trinajstić information content (AvgIpc) is 2.84. The number of carboxylic acids is 1. The van der Waals surface area contributed by atoms with Crippen LogP contribution in [0.15, 0.2) is 24.3 Å². The standard InChI is InChI=1S/C15H20N2O4/c1-3-21-9-10(2)16-15(20)17-12-7-5-4-6-11(12)8-13(17)14(18)19/h4-7,10,13H,3,8-9H2,1-2H3,(H,16,20)(H,18,19). The first kappa shape index (κ1) is 15.3. The summed E-state index contributed by atoms with van der Waals surface area (Å²) in [5, 5.41) is 12.1. The topological polar surface area (TPSA) is 78.9 Å². The molecule has 1 aromatic carbocycles. The number of anilines is 1. The number of rotatable bonds is 5. The van der Waals surface area contributed by atoms with Gasteiger partial charge in [-0.2, -0.15) is 0 Å². The molecular formula is C15H20N2O4. The second-order valence-corrected chi connectivity index (χ2v) is 5.07. The van der Waals surface area contributed by atoms with Crippen LogP contribution in [0, 0.1) is 0 Å². The van der Waals surface area contributed by atoms with Crippen molar-refractivity contribution < 1.29 is 19.4 Å². The lowest BCUT2D eigenvalue weighted by atomic mass is 10.1. The zero-order valence-corrected chi connectivity index (χ0v) is 12.2. The number of carboxylic acid groups (broad SMARTS) is 1. The van der Waals surface area contributed by atoms with Crippen molar-refractivity contribution in [1.82, 2.24) is 5.32 Å². The van der Waals surface area contributed by atoms with Crippen LogP contribution < -0.4 is 10.2 Å². The Labute approximate surface area is 123 Å². The van der Waals surface area contributed by atoms with Gasteiger partial charge in [-0.3, -0.25) is 4.90 Å². The third-order valence-corrected chi connectivity index (χ3v) is 3.42. The zero-order chi connectivity index (χ0) is 15.4. The Bertz CT molecular complexity index is 532. The van der Waals surface area contributed by atoms with E-state index in [0.29, 0.717) is 25.3 Å². The van der Waals surface area contributed by atoms with Crippen molar-refractivity contribution in [2.24, 2.45) is 0 Å². The minimum Gasteiger partial charge on any atom is -0.480 e. The number of urea groups is 1. The molecule has 0 saturated carbocycles. The van der Waals surface area contributed by atoms with Crippen molar-refractivity contribution in [2.75, 3.05) is 18.1 Å². The van der Waals surface area contributed by atoms with E-state index in [9.17, 15) is 14.7 Å². The van der Waals surface area contributed by atoms with E-state index in [0.717, 1.165) is 5.56 Å². The maximum absolute atomic E-state index is 12.4. The zero-order valence-electron chi connectivity index (χ0n) is 12.2. The molecule has 2 amide bonds. The lowest BCUT2D eigenvalue weighted by Gasteiger charge is -2.25. The van der Waals surface area contributed by atoms with Crippen molar-refractivity contribution in [2.45, 2.75) is 32.4 Å². The van der Waals surface area contributed by atoms with Crippen LogP contribution in [0.1, 0.15) is 19.4 Å². The second kappa shape index (κ2) is 6.58. The molecule has 1 aliphatic heterocycles. The predicted molar refractivity (Wildman–Crippen MR) is 78.5 cm³/mol. The predicted octanol–water partition coefficient (Wildman–Crippen LogP) is 1.64. The lowest BCUT2D eigenvalue weighted by Crippen LogP contribution is -2.51. The third-order valence-electron chi connectivity index (χ3n) is 3.42. The molecule has 1 aliphatic rings. The maximum atomic E-state index is 12.4. The molecule has 114 valence electrons. The van der Waals surface area contributed by atoms with Crippen LogP contribution in [-0.4, -0.2) is 42.4 Å². The summed E-state index contributed by atoms with van der Waals surface area (Å²) in [5.41, 5.74) is 1.53. The molecule has 2 N–H and O–H groups in total. The van der Waals surface area contributed by atoms with Gasteiger partial charge in [-0.1, -0.05) is 18.2 Å². The minimum absolute atomic E-state index is 0.181. The summed E-state index contributed by atoms with van der Waals surface area (Å²) in [6, 6.07) is 5.82. The van der Waals surface area contributed by atoms with Gasteiger partial charge in [-0.25, -0.2) is 9.59 Å². The molecular weight excluding hydrogens is 272 g/mol. The van der Waals surface area contributed by atoms with Gasteiger partial charge in [0.1, 0.15) is 6.04 Å². The van der Waals surface area contributed by atoms with Gasteiger partial charge in [0.25, 0.3) is 0 Å². The quantitative estimate of drug-likeness (QED) is 0.864. The lowest BCUT2D eigenvalue weighted by molar-refractivity contribution is -0.138. The number of nitrogens with zero attached hydrogens (tertiary/aromatic N) is 1. The molecule has 1 aromatic rings. The number of hydrogen-bond donors (Lipinski definition) is 2. The fourth-order valence-corrected chi connectivity index (χ4v) is 2.45. The Morgan fingerprint density at radius 3 is 2.86 bits per heavy atom. The van der Waals surface area contributed by atoms with E-state index in [-0.39, 0.29) is 6.04 Å². The molecule has 0 bridgehead atoms. The first-order valence-electron chi connectivity index (χ1n) is 7.02. The van der Waals surface area contributed by atoms with Gasteiger partial charge >= 0.3 is 12.0 Å². The van der Waals surface area contributed by atoms with Crippen molar-refractivity contribution >= 4 is 17.7 Å². The smallest absolute Gasteiger partial charge is 0.327 e. The fourth-order valence-electron chi connectivity index (χ4n) is 2.45. The van der Waals surface area contributed by atoms with Gasteiger partial charge < -0.3 is 15.2 Å². The first-order chi connectivity index (χ1) is 10.0. The molecule has 2 atom stereocenters. The number of carbonyl (C=O) groups excluding carboxylic acids is 1. The van der Waals surface area contributed by atoms with Crippen LogP contribution in [0.25, 0.3) is 0 Å². The Morgan fingerprint density at radius 2 is 2.19 bits per heavy atom. The van der Waals surface area contributed by atoms with Crippen LogP contribution in [0.3, 0.4) is 0 Å². The molecule has 0 aliphatic carbocycles. The van der Waals surface area contributed by atoms with E-state index in [1.54, 1.807) is 12.1 Å². The number of benzene rings is 1. The van der Waals surface area contributed by atoms with Crippen molar-refractivity contribution in [3.8, 4) is 0 Å². The van der Waals surface area contributed by atoms with E-state index in [4.69, 9.17) is 4.74 Å². The van der Waals surface area contributed by atoms with Crippen molar-refractivity contribution in [1.29, 1.82) is 0 Å². The Kier molecular flexibility index (Phi) is 4.80. The maximum Gasteiger partial charge on any atom is 0.327 e. The van der Waals surface area contributed by atoms with Crippen molar-refractivity contribution in [3.63, 3.8) is 0 Å². The van der Waals surface area contributed by atoms with Gasteiger partial charge in [0.2, 0.25) is 0 Å². The summed E-state index contributed by atoms with van der Waals surface area (Å²) in [4.78, 5) is 25.1. The number of fused-ring (bicyclic) bond motifs is 1. The van der Waals surface area contributed by atoms with Gasteiger partial charge in [0, 0.05) is 18.7 Å². The largest absolute Gasteiger partial charge is 0.480 e. The molecule has 2 unspecified atom stereocenters. The van der Waals surface area contributed by atoms with Gasteiger partial charge in [0.15, 0.2) is 0 Å². The van der Waals surface area contributed by atoms with Crippen LogP contribution in [0.4, 0.5) is 10.5 Å². The molecule has 0 radical (unpaired) electrons. The Balaban J connectivity index is 2.15. The first-order valence-corrected chi connectivity index (χ1v) is 7.02. The van der Waals surface area contributed by atoms with Crippen LogP contribution in [0.5, 0.6) is 0 Å². The number of ether oxygens (including phenoxy) is 1. The van der Waals surface area contributed by atoms with E-state index >= 15 is 0 Å². The van der Waals surface area contributed by atoms with E-state index in [1.807, 2.05) is 26.0 Å². The van der Waals surface area contributed by atoms with Crippen molar-refractivity contribution in [3.05, 3.63) is 29.8 Å². The normalized spacial score (nSPS) is 18.2. The molecule has 6 heteroatoms. The van der Waals surface area contributed by atoms with Gasteiger partial charge in [-0.15, -0.1) is 0 Å². The summed E-state index contributed by atoms with van der Waals surface area (Å²) >= 11 is 0. The van der Waals surface area contributed by atoms with Crippen LogP contribution in [-0.2, 0) is 16.0 Å². The van der Waals surface area contributed by atoms with Crippen LogP contribution >= 0.6 is 0 Å². The highest BCUT2D eigenvalue weighted by atomic mass is 16.5. The molecule has 6 nitrogen and oxygen atoms in total. The highest BCUT2D eigenvalue weighted by Crippen LogP contribution is 2.32. The third kappa shape index (κ3) is 3.33. The minimum atomic E-state index is -1.00. The number of amides is 2. The molecule has 0 aromatic heterocycles. The summed E-state index contributed by atoms with van der Waals surface area (Å²) in [6.45, 7) is 4.68. The Hall–Kier alpha value is -2.08. The molecule has 21 heavy (non-hydrogen) atoms. The monoisotopic (exact) mass is 292 g/mol. The summed E-state index contributed by atoms with van der Waals surface area (Å²) in [7, 11) is 0. The Morgan fingerprint density at radius 1 is 1.48 bits per heavy atom. The summed E-state index contributed by atoms with van der Waals surface area (Å²) in [6.07, 6.45) is 0.332. The van der Waals surface area contributed by atoms with Crippen LogP contribution in [0.2, 0.25) is 0 Å². The highest BCUT2D eigenvalue weighted by molar-refractivity contribution is 6.01. The molecule has 0 spiro atoms. The van der Waals surface area contributed by atoms with E-state index in [1.165, 1.54) is 4.90 Å². The molecule has 1 heterocycles. The summed E-state index contributed by atoms with van der Waals surface area (Å²) < 4.78 is 5.25. The number of para-hydroxylation sites is 1. The molecule has 0 fully saturated rings. The summed E-state index contributed by atoms with van der Waals surface area (Å²) in [5.74, 6) is -1.00. The molecule has 0 saturated heterocycles. The van der Waals surface area contributed by atoms with Gasteiger partial charge in [-0.05, 0) is 25.5 Å². The van der Waals surface area contributed by atoms with E-state index in [2.05, 4.69) is 5.32 Å². The number of aliphatic carboxylic acids is 1. The molecule has 2 rings (SSSR count). The number of hydrogen-bond acceptors (Lipinski definition) is 3. The van der Waals surface area contributed by atoms with Gasteiger partial charge in [0.05, 0.1) is 12.6 Å². The highest BCUT2D eigenvalue weighted by Gasteiger charge is 2.38. The number of nitrogens with one attached hydrogen (secondary N) is 1. The van der Waals surface area contributed by atoms with E-state index < -0.39 is 18.0 Å². The average molecular weight is 292 g/mol. The SMILES string of the molecule is CCOCC(C)NC(=O)N1c2ccccc2CC1C(=O)O. The fraction of sp³-hybridized carbons (Fsp3) is 0.467. The second-order valence-electron chi connectivity index (χ2n) is 5.07. The number of carbonyl (C=O) groups is 2.